The zero-order chi connectivity index (χ0) is 15.4. The van der Waals surface area contributed by atoms with Gasteiger partial charge in [0.2, 0.25) is 0 Å². The highest BCUT2D eigenvalue weighted by atomic mass is 32.1. The Hall–Kier alpha value is -2.09. The Morgan fingerprint density at radius 2 is 2.29 bits per heavy atom. The highest BCUT2D eigenvalue weighted by Gasteiger charge is 2.28. The predicted molar refractivity (Wildman–Crippen MR) is 75.0 cm³/mol. The topological polar surface area (TPSA) is 95.9 Å². The molecule has 1 aromatic rings. The van der Waals surface area contributed by atoms with Crippen LogP contribution in [0.15, 0.2) is 11.4 Å². The van der Waals surface area contributed by atoms with Gasteiger partial charge in [0.1, 0.15) is 6.04 Å². The van der Waals surface area contributed by atoms with Crippen molar-refractivity contribution in [1.82, 2.24) is 10.2 Å². The highest BCUT2D eigenvalue weighted by Crippen LogP contribution is 2.23. The Morgan fingerprint density at radius 1 is 1.52 bits per heavy atom. The summed E-state index contributed by atoms with van der Waals surface area (Å²) in [5.74, 6) is -1.94. The molecule has 114 valence electrons. The van der Waals surface area contributed by atoms with Crippen LogP contribution in [0.4, 0.5) is 4.79 Å². The Labute approximate surface area is 125 Å². The second-order valence-corrected chi connectivity index (χ2v) is 5.66. The minimum atomic E-state index is -1.28. The van der Waals surface area contributed by atoms with E-state index >= 15 is 0 Å². The number of fused-ring (bicyclic) bond motifs is 1. The number of urea groups is 1. The lowest BCUT2D eigenvalue weighted by Gasteiger charge is -2.28. The van der Waals surface area contributed by atoms with E-state index in [0.29, 0.717) is 13.1 Å². The molecule has 21 heavy (non-hydrogen) atoms. The molecule has 0 saturated heterocycles. The quantitative estimate of drug-likeness (QED) is 0.803. The number of hydrogen-bond donors (Lipinski definition) is 2. The van der Waals surface area contributed by atoms with Crippen molar-refractivity contribution >= 4 is 29.3 Å². The monoisotopic (exact) mass is 312 g/mol. The van der Waals surface area contributed by atoms with E-state index in [4.69, 9.17) is 5.11 Å². The zero-order valence-electron chi connectivity index (χ0n) is 11.5. The first-order valence-electron chi connectivity index (χ1n) is 6.41. The standard InChI is InChI=1S/C13H16N2O5S/c1-20-11(16)6-9(12(17)18)14-13(19)15-4-2-10-8(7-15)3-5-21-10/h3,5,9H,2,4,6-7H2,1H3,(H,14,19)(H,17,18)/t9-/m0/s1. The van der Waals surface area contributed by atoms with Gasteiger partial charge >= 0.3 is 18.0 Å². The highest BCUT2D eigenvalue weighted by molar-refractivity contribution is 7.10. The largest absolute Gasteiger partial charge is 0.480 e. The van der Waals surface area contributed by atoms with E-state index in [1.165, 1.54) is 12.0 Å². The van der Waals surface area contributed by atoms with Crippen LogP contribution >= 0.6 is 11.3 Å². The van der Waals surface area contributed by atoms with Crippen LogP contribution in [-0.2, 0) is 27.3 Å². The summed E-state index contributed by atoms with van der Waals surface area (Å²) < 4.78 is 4.43. The van der Waals surface area contributed by atoms with Crippen molar-refractivity contribution < 1.29 is 24.2 Å². The van der Waals surface area contributed by atoms with Crippen LogP contribution in [-0.4, -0.2) is 47.7 Å². The number of aliphatic carboxylic acids is 1. The van der Waals surface area contributed by atoms with Crippen LogP contribution in [0.2, 0.25) is 0 Å². The van der Waals surface area contributed by atoms with Gasteiger partial charge in [0.15, 0.2) is 0 Å². The first-order valence-corrected chi connectivity index (χ1v) is 7.29. The molecule has 0 saturated carbocycles. The maximum atomic E-state index is 12.1. The molecular weight excluding hydrogens is 296 g/mol. The van der Waals surface area contributed by atoms with Crippen molar-refractivity contribution in [3.05, 3.63) is 21.9 Å². The molecule has 1 aliphatic heterocycles. The number of hydrogen-bond acceptors (Lipinski definition) is 5. The van der Waals surface area contributed by atoms with E-state index in [1.54, 1.807) is 16.2 Å². The van der Waals surface area contributed by atoms with Gasteiger partial charge in [-0.25, -0.2) is 9.59 Å². The summed E-state index contributed by atoms with van der Waals surface area (Å²) in [6, 6.07) is 0.194. The van der Waals surface area contributed by atoms with E-state index in [2.05, 4.69) is 10.1 Å². The molecule has 7 nitrogen and oxygen atoms in total. The number of thiophene rings is 1. The fourth-order valence-electron chi connectivity index (χ4n) is 2.11. The van der Waals surface area contributed by atoms with Crippen LogP contribution in [0.25, 0.3) is 0 Å². The van der Waals surface area contributed by atoms with Gasteiger partial charge in [-0.1, -0.05) is 0 Å². The van der Waals surface area contributed by atoms with Gasteiger partial charge in [-0.05, 0) is 23.4 Å². The third kappa shape index (κ3) is 3.72. The molecule has 1 atom stereocenters. The van der Waals surface area contributed by atoms with Gasteiger partial charge in [-0.15, -0.1) is 11.3 Å². The summed E-state index contributed by atoms with van der Waals surface area (Å²) >= 11 is 1.66. The molecule has 0 radical (unpaired) electrons. The van der Waals surface area contributed by atoms with Crippen LogP contribution in [0.3, 0.4) is 0 Å². The smallest absolute Gasteiger partial charge is 0.326 e. The first-order chi connectivity index (χ1) is 10.0. The second-order valence-electron chi connectivity index (χ2n) is 4.66. The van der Waals surface area contributed by atoms with Crippen molar-refractivity contribution in [2.45, 2.75) is 25.4 Å². The zero-order valence-corrected chi connectivity index (χ0v) is 12.3. The first kappa shape index (κ1) is 15.3. The fourth-order valence-corrected chi connectivity index (χ4v) is 3.00. The Bertz CT molecular complexity index is 557. The van der Waals surface area contributed by atoms with Gasteiger partial charge in [-0.3, -0.25) is 4.79 Å². The number of ether oxygens (including phenoxy) is 1. The van der Waals surface area contributed by atoms with Gasteiger partial charge < -0.3 is 20.1 Å². The Balaban J connectivity index is 1.96. The van der Waals surface area contributed by atoms with Gasteiger partial charge in [0.05, 0.1) is 13.5 Å². The average Bonchev–Trinajstić information content (AvgIpc) is 2.93. The third-order valence-corrected chi connectivity index (χ3v) is 4.31. The number of rotatable bonds is 4. The van der Waals surface area contributed by atoms with Crippen LogP contribution in [0.1, 0.15) is 16.9 Å². The number of carbonyl (C=O) groups excluding carboxylic acids is 2. The molecule has 0 aliphatic carbocycles. The lowest BCUT2D eigenvalue weighted by molar-refractivity contribution is -0.147. The minimum absolute atomic E-state index is 0.394. The molecule has 2 amide bonds. The van der Waals surface area contributed by atoms with Crippen molar-refractivity contribution in [3.63, 3.8) is 0 Å². The van der Waals surface area contributed by atoms with Gasteiger partial charge in [-0.2, -0.15) is 0 Å². The number of amides is 2. The number of nitrogens with zero attached hydrogens (tertiary/aromatic N) is 1. The summed E-state index contributed by atoms with van der Waals surface area (Å²) in [6.07, 6.45) is 0.365. The third-order valence-electron chi connectivity index (χ3n) is 3.29. The summed E-state index contributed by atoms with van der Waals surface area (Å²) in [6.45, 7) is 0.985. The van der Waals surface area contributed by atoms with Crippen LogP contribution < -0.4 is 5.32 Å². The molecule has 1 aliphatic rings. The SMILES string of the molecule is COC(=O)C[C@H](NC(=O)N1CCc2sccc2C1)C(=O)O. The fraction of sp³-hybridized carbons (Fsp3) is 0.462. The Kier molecular flexibility index (Phi) is 4.79. The molecule has 2 rings (SSSR count). The number of carbonyl (C=O) groups is 3. The number of carboxylic acid groups (broad SMARTS) is 1. The molecule has 2 heterocycles. The normalized spacial score (nSPS) is 15.0. The molecule has 0 spiro atoms. The van der Waals surface area contributed by atoms with Crippen molar-refractivity contribution in [2.24, 2.45) is 0 Å². The lowest BCUT2D eigenvalue weighted by Crippen LogP contribution is -2.49. The molecule has 0 aromatic carbocycles. The van der Waals surface area contributed by atoms with Gasteiger partial charge in [0, 0.05) is 18.0 Å². The van der Waals surface area contributed by atoms with Crippen molar-refractivity contribution in [1.29, 1.82) is 0 Å². The summed E-state index contributed by atoms with van der Waals surface area (Å²) in [5, 5.41) is 13.4. The van der Waals surface area contributed by atoms with E-state index < -0.39 is 30.4 Å². The number of carboxylic acids is 1. The van der Waals surface area contributed by atoms with E-state index in [0.717, 1.165) is 12.0 Å². The van der Waals surface area contributed by atoms with E-state index in [-0.39, 0.29) is 0 Å². The summed E-state index contributed by atoms with van der Waals surface area (Å²) in [4.78, 5) is 37.2. The van der Waals surface area contributed by atoms with Crippen molar-refractivity contribution in [3.8, 4) is 0 Å². The maximum Gasteiger partial charge on any atom is 0.326 e. The second kappa shape index (κ2) is 6.57. The molecule has 0 bridgehead atoms. The molecule has 8 heteroatoms. The molecule has 0 unspecified atom stereocenters. The molecule has 1 aromatic heterocycles. The summed E-state index contributed by atoms with van der Waals surface area (Å²) in [7, 11) is 1.17. The summed E-state index contributed by atoms with van der Waals surface area (Å²) in [5.41, 5.74) is 1.08. The molecular formula is C13H16N2O5S. The number of nitrogens with one attached hydrogen (secondary N) is 1. The van der Waals surface area contributed by atoms with Crippen LogP contribution in [0, 0.1) is 0 Å². The number of esters is 1. The predicted octanol–water partition coefficient (Wildman–Crippen LogP) is 0.832. The van der Waals surface area contributed by atoms with Crippen LogP contribution in [0.5, 0.6) is 0 Å². The Morgan fingerprint density at radius 3 is 2.95 bits per heavy atom. The average molecular weight is 312 g/mol. The minimum Gasteiger partial charge on any atom is -0.480 e. The maximum absolute atomic E-state index is 12.1. The van der Waals surface area contributed by atoms with Gasteiger partial charge in [0.25, 0.3) is 0 Å². The number of methoxy groups -OCH3 is 1. The van der Waals surface area contributed by atoms with Crippen molar-refractivity contribution in [2.75, 3.05) is 13.7 Å². The lowest BCUT2D eigenvalue weighted by atomic mass is 10.1. The molecule has 2 N–H and O–H groups in total. The van der Waals surface area contributed by atoms with E-state index in [9.17, 15) is 14.4 Å². The van der Waals surface area contributed by atoms with E-state index in [1.807, 2.05) is 11.4 Å². The molecule has 0 fully saturated rings.